The summed E-state index contributed by atoms with van der Waals surface area (Å²) in [6.45, 7) is 0.805. The van der Waals surface area contributed by atoms with Gasteiger partial charge in [-0.05, 0) is 37.0 Å². The molecule has 2 rings (SSSR count). The average Bonchev–Trinajstić information content (AvgIpc) is 3.10. The topological polar surface area (TPSA) is 35.8 Å². The summed E-state index contributed by atoms with van der Waals surface area (Å²) >= 11 is 0. The number of nitrogens with zero attached hydrogens (tertiary/aromatic N) is 1. The molecule has 0 aliphatic heterocycles. The lowest BCUT2D eigenvalue weighted by atomic mass is 10.2. The molecular formula is C13H15FN2. The second-order valence-electron chi connectivity index (χ2n) is 4.32. The van der Waals surface area contributed by atoms with Crippen molar-refractivity contribution in [3.63, 3.8) is 0 Å². The van der Waals surface area contributed by atoms with E-state index in [4.69, 9.17) is 5.26 Å². The number of nitriles is 1. The van der Waals surface area contributed by atoms with E-state index in [2.05, 4.69) is 5.32 Å². The highest BCUT2D eigenvalue weighted by Gasteiger charge is 2.19. The van der Waals surface area contributed by atoms with Crippen molar-refractivity contribution < 1.29 is 4.39 Å². The smallest absolute Gasteiger partial charge is 0.147 e. The van der Waals surface area contributed by atoms with Crippen molar-refractivity contribution in [2.24, 2.45) is 5.92 Å². The second kappa shape index (κ2) is 4.98. The Morgan fingerprint density at radius 1 is 1.44 bits per heavy atom. The molecule has 0 aromatic heterocycles. The predicted octanol–water partition coefficient (Wildman–Crippen LogP) is 3.30. The van der Waals surface area contributed by atoms with Gasteiger partial charge < -0.3 is 5.32 Å². The van der Waals surface area contributed by atoms with Gasteiger partial charge in [0.2, 0.25) is 0 Å². The molecule has 0 bridgehead atoms. The first-order valence-electron chi connectivity index (χ1n) is 5.73. The van der Waals surface area contributed by atoms with Gasteiger partial charge in [-0.15, -0.1) is 0 Å². The Morgan fingerprint density at radius 3 is 2.88 bits per heavy atom. The number of hydrogen-bond donors (Lipinski definition) is 1. The first-order valence-corrected chi connectivity index (χ1v) is 5.73. The van der Waals surface area contributed by atoms with Crippen LogP contribution >= 0.6 is 0 Å². The molecule has 1 N–H and O–H groups in total. The molecule has 0 radical (unpaired) electrons. The average molecular weight is 218 g/mol. The lowest BCUT2D eigenvalue weighted by Crippen LogP contribution is -2.03. The van der Waals surface area contributed by atoms with E-state index in [-0.39, 0.29) is 5.82 Å². The number of anilines is 1. The maximum atomic E-state index is 13.4. The number of halogens is 1. The largest absolute Gasteiger partial charge is 0.383 e. The van der Waals surface area contributed by atoms with Crippen LogP contribution in [0.5, 0.6) is 0 Å². The summed E-state index contributed by atoms with van der Waals surface area (Å²) in [4.78, 5) is 0. The summed E-state index contributed by atoms with van der Waals surface area (Å²) in [5, 5.41) is 11.7. The molecule has 1 aliphatic rings. The molecule has 16 heavy (non-hydrogen) atoms. The third-order valence-electron chi connectivity index (χ3n) is 2.90. The molecule has 0 atom stereocenters. The number of rotatable bonds is 5. The molecule has 1 aliphatic carbocycles. The van der Waals surface area contributed by atoms with Crippen molar-refractivity contribution in [2.75, 3.05) is 11.9 Å². The van der Waals surface area contributed by atoms with Crippen LogP contribution in [0.4, 0.5) is 10.1 Å². The highest BCUT2D eigenvalue weighted by molar-refractivity contribution is 5.48. The molecule has 0 unspecified atom stereocenters. The van der Waals surface area contributed by atoms with E-state index in [1.165, 1.54) is 25.3 Å². The van der Waals surface area contributed by atoms with Crippen LogP contribution in [-0.2, 0) is 0 Å². The summed E-state index contributed by atoms with van der Waals surface area (Å²) in [5.41, 5.74) is 0.857. The van der Waals surface area contributed by atoms with E-state index in [9.17, 15) is 4.39 Å². The SMILES string of the molecule is N#Cc1ccc(NCCCC2CC2)c(F)c1. The van der Waals surface area contributed by atoms with Gasteiger partial charge in [0, 0.05) is 6.54 Å². The minimum Gasteiger partial charge on any atom is -0.383 e. The lowest BCUT2D eigenvalue weighted by molar-refractivity contribution is 0.626. The van der Waals surface area contributed by atoms with Crippen molar-refractivity contribution in [3.8, 4) is 6.07 Å². The van der Waals surface area contributed by atoms with Gasteiger partial charge in [-0.3, -0.25) is 0 Å². The van der Waals surface area contributed by atoms with Crippen molar-refractivity contribution in [1.29, 1.82) is 5.26 Å². The van der Waals surface area contributed by atoms with Gasteiger partial charge in [0.25, 0.3) is 0 Å². The Hall–Kier alpha value is -1.56. The van der Waals surface area contributed by atoms with Crippen molar-refractivity contribution in [1.82, 2.24) is 0 Å². The highest BCUT2D eigenvalue weighted by Crippen LogP contribution is 2.33. The third kappa shape index (κ3) is 2.96. The fourth-order valence-electron chi connectivity index (χ4n) is 1.75. The summed E-state index contributed by atoms with van der Waals surface area (Å²) in [6, 6.07) is 6.45. The fourth-order valence-corrected chi connectivity index (χ4v) is 1.75. The zero-order valence-corrected chi connectivity index (χ0v) is 9.17. The first-order chi connectivity index (χ1) is 7.79. The Morgan fingerprint density at radius 2 is 2.25 bits per heavy atom. The van der Waals surface area contributed by atoms with Gasteiger partial charge in [-0.25, -0.2) is 4.39 Å². The highest BCUT2D eigenvalue weighted by atomic mass is 19.1. The Bertz CT molecular complexity index is 405. The molecule has 84 valence electrons. The Labute approximate surface area is 95.1 Å². The molecule has 2 nitrogen and oxygen atoms in total. The summed E-state index contributed by atoms with van der Waals surface area (Å²) in [5.74, 6) is 0.582. The van der Waals surface area contributed by atoms with Crippen LogP contribution in [0.1, 0.15) is 31.2 Å². The maximum Gasteiger partial charge on any atom is 0.147 e. The molecule has 0 heterocycles. The van der Waals surface area contributed by atoms with Crippen LogP contribution in [-0.4, -0.2) is 6.54 Å². The van der Waals surface area contributed by atoms with Gasteiger partial charge in [-0.2, -0.15) is 5.26 Å². The van der Waals surface area contributed by atoms with E-state index < -0.39 is 0 Å². The van der Waals surface area contributed by atoms with Crippen LogP contribution in [0.2, 0.25) is 0 Å². The van der Waals surface area contributed by atoms with Crippen LogP contribution in [0.15, 0.2) is 18.2 Å². The van der Waals surface area contributed by atoms with Gasteiger partial charge in [-0.1, -0.05) is 12.8 Å². The standard InChI is InChI=1S/C13H15FN2/c14-12-8-11(9-15)5-6-13(12)16-7-1-2-10-3-4-10/h5-6,8,10,16H,1-4,7H2. The third-order valence-corrected chi connectivity index (χ3v) is 2.90. The van der Waals surface area contributed by atoms with Gasteiger partial charge in [0.05, 0.1) is 17.3 Å². The van der Waals surface area contributed by atoms with Crippen molar-refractivity contribution in [2.45, 2.75) is 25.7 Å². The molecule has 1 fully saturated rings. The molecule has 1 aromatic carbocycles. The summed E-state index contributed by atoms with van der Waals surface area (Å²) < 4.78 is 13.4. The molecule has 0 saturated heterocycles. The van der Waals surface area contributed by atoms with Crippen LogP contribution in [0, 0.1) is 23.1 Å². The number of benzene rings is 1. The summed E-state index contributed by atoms with van der Waals surface area (Å²) in [7, 11) is 0. The molecule has 1 saturated carbocycles. The van der Waals surface area contributed by atoms with E-state index in [0.29, 0.717) is 11.3 Å². The number of hydrogen-bond acceptors (Lipinski definition) is 2. The predicted molar refractivity (Wildman–Crippen MR) is 61.6 cm³/mol. The Balaban J connectivity index is 1.81. The lowest BCUT2D eigenvalue weighted by Gasteiger charge is -2.07. The molecule has 0 amide bonds. The molecule has 3 heteroatoms. The molecule has 1 aromatic rings. The second-order valence-corrected chi connectivity index (χ2v) is 4.32. The Kier molecular flexibility index (Phi) is 3.40. The van der Waals surface area contributed by atoms with Crippen molar-refractivity contribution in [3.05, 3.63) is 29.6 Å². The monoisotopic (exact) mass is 218 g/mol. The van der Waals surface area contributed by atoms with E-state index in [1.807, 2.05) is 6.07 Å². The fraction of sp³-hybridized carbons (Fsp3) is 0.462. The quantitative estimate of drug-likeness (QED) is 0.770. The first kappa shape index (κ1) is 10.9. The number of nitrogens with one attached hydrogen (secondary N) is 1. The van der Waals surface area contributed by atoms with Gasteiger partial charge in [0.15, 0.2) is 0 Å². The maximum absolute atomic E-state index is 13.4. The minimum absolute atomic E-state index is 0.342. The summed E-state index contributed by atoms with van der Waals surface area (Å²) in [6.07, 6.45) is 5.06. The zero-order valence-electron chi connectivity index (χ0n) is 9.17. The van der Waals surface area contributed by atoms with E-state index in [0.717, 1.165) is 18.9 Å². The molecular weight excluding hydrogens is 203 g/mol. The van der Waals surface area contributed by atoms with Crippen LogP contribution < -0.4 is 5.32 Å². The molecule has 0 spiro atoms. The van der Waals surface area contributed by atoms with E-state index >= 15 is 0 Å². The van der Waals surface area contributed by atoms with Gasteiger partial charge >= 0.3 is 0 Å². The zero-order chi connectivity index (χ0) is 11.4. The van der Waals surface area contributed by atoms with Gasteiger partial charge in [0.1, 0.15) is 5.82 Å². The van der Waals surface area contributed by atoms with Crippen molar-refractivity contribution >= 4 is 5.69 Å². The normalized spacial score (nSPS) is 14.5. The van der Waals surface area contributed by atoms with Crippen LogP contribution in [0.3, 0.4) is 0 Å². The minimum atomic E-state index is -0.342. The van der Waals surface area contributed by atoms with Crippen LogP contribution in [0.25, 0.3) is 0 Å². The van der Waals surface area contributed by atoms with E-state index in [1.54, 1.807) is 12.1 Å².